The highest BCUT2D eigenvalue weighted by molar-refractivity contribution is 5.98. The van der Waals surface area contributed by atoms with Crippen molar-refractivity contribution in [1.82, 2.24) is 10.6 Å². The topological polar surface area (TPSA) is 84.3 Å². The number of carbonyl (C=O) groups is 1. The molecule has 1 aromatic rings. The maximum atomic E-state index is 12.3. The van der Waals surface area contributed by atoms with Crippen molar-refractivity contribution in [1.29, 1.82) is 0 Å². The molecule has 6 nitrogen and oxygen atoms in total. The van der Waals surface area contributed by atoms with Gasteiger partial charge in [-0.3, -0.25) is 14.9 Å². The molecule has 1 aromatic carbocycles. The van der Waals surface area contributed by atoms with Gasteiger partial charge in [0, 0.05) is 18.2 Å². The molecule has 2 rings (SSSR count). The number of nitro groups is 1. The summed E-state index contributed by atoms with van der Waals surface area (Å²) < 4.78 is 0. The van der Waals surface area contributed by atoms with E-state index in [4.69, 9.17) is 0 Å². The highest BCUT2D eigenvalue weighted by atomic mass is 16.6. The van der Waals surface area contributed by atoms with E-state index in [1.807, 2.05) is 14.0 Å². The maximum Gasteiger partial charge on any atom is 0.282 e. The van der Waals surface area contributed by atoms with Gasteiger partial charge < -0.3 is 10.6 Å². The van der Waals surface area contributed by atoms with Crippen molar-refractivity contribution in [3.8, 4) is 0 Å². The van der Waals surface area contributed by atoms with Crippen molar-refractivity contribution in [3.05, 3.63) is 39.4 Å². The molecule has 1 fully saturated rings. The molecule has 1 saturated carbocycles. The zero-order valence-electron chi connectivity index (χ0n) is 12.4. The summed E-state index contributed by atoms with van der Waals surface area (Å²) in [5, 5.41) is 17.2. The minimum absolute atomic E-state index is 0.0993. The predicted octanol–water partition coefficient (Wildman–Crippen LogP) is 2.16. The number of nitro benzene ring substituents is 1. The second kappa shape index (κ2) is 6.67. The van der Waals surface area contributed by atoms with Gasteiger partial charge in [-0.1, -0.05) is 6.07 Å². The van der Waals surface area contributed by atoms with Crippen molar-refractivity contribution in [2.45, 2.75) is 44.7 Å². The van der Waals surface area contributed by atoms with Gasteiger partial charge in [-0.05, 0) is 51.3 Å². The maximum absolute atomic E-state index is 12.3. The van der Waals surface area contributed by atoms with Crippen LogP contribution in [-0.4, -0.2) is 30.0 Å². The number of carbonyl (C=O) groups excluding carboxylic acids is 1. The lowest BCUT2D eigenvalue weighted by atomic mass is 9.91. The average molecular weight is 291 g/mol. The van der Waals surface area contributed by atoms with Crippen LogP contribution in [0.25, 0.3) is 0 Å². The van der Waals surface area contributed by atoms with Crippen LogP contribution in [0.5, 0.6) is 0 Å². The molecule has 0 unspecified atom stereocenters. The van der Waals surface area contributed by atoms with Gasteiger partial charge in [-0.2, -0.15) is 0 Å². The Kier molecular flexibility index (Phi) is 4.90. The molecule has 0 radical (unpaired) electrons. The molecule has 114 valence electrons. The van der Waals surface area contributed by atoms with Crippen molar-refractivity contribution in [2.24, 2.45) is 0 Å². The number of hydrogen-bond donors (Lipinski definition) is 2. The van der Waals surface area contributed by atoms with E-state index in [1.165, 1.54) is 6.07 Å². The van der Waals surface area contributed by atoms with Crippen LogP contribution in [0, 0.1) is 17.0 Å². The zero-order valence-corrected chi connectivity index (χ0v) is 12.4. The molecule has 2 N–H and O–H groups in total. The van der Waals surface area contributed by atoms with Crippen LogP contribution in [-0.2, 0) is 0 Å². The van der Waals surface area contributed by atoms with Gasteiger partial charge in [0.15, 0.2) is 0 Å². The lowest BCUT2D eigenvalue weighted by Gasteiger charge is -2.28. The fourth-order valence-corrected chi connectivity index (χ4v) is 2.78. The van der Waals surface area contributed by atoms with Crippen molar-refractivity contribution in [2.75, 3.05) is 7.05 Å². The Hall–Kier alpha value is -1.95. The lowest BCUT2D eigenvalue weighted by molar-refractivity contribution is -0.385. The van der Waals surface area contributed by atoms with Crippen molar-refractivity contribution in [3.63, 3.8) is 0 Å². The first-order valence-electron chi connectivity index (χ1n) is 7.24. The largest absolute Gasteiger partial charge is 0.349 e. The van der Waals surface area contributed by atoms with Gasteiger partial charge in [-0.25, -0.2) is 0 Å². The summed E-state index contributed by atoms with van der Waals surface area (Å²) >= 11 is 0. The van der Waals surface area contributed by atoms with E-state index in [0.29, 0.717) is 6.04 Å². The Balaban J connectivity index is 2.07. The molecule has 0 aromatic heterocycles. The molecule has 6 heteroatoms. The molecule has 0 bridgehead atoms. The third-order valence-corrected chi connectivity index (χ3v) is 4.06. The summed E-state index contributed by atoms with van der Waals surface area (Å²) in [4.78, 5) is 22.8. The number of benzene rings is 1. The Morgan fingerprint density at radius 2 is 1.86 bits per heavy atom. The molecule has 21 heavy (non-hydrogen) atoms. The van der Waals surface area contributed by atoms with E-state index >= 15 is 0 Å². The standard InChI is InChI=1S/C15H21N3O3/c1-10-3-8-14(18(20)21)13(9-10)15(19)17-12-6-4-11(16-2)5-7-12/h3,8-9,11-12,16H,4-7H2,1-2H3,(H,17,19). The van der Waals surface area contributed by atoms with Gasteiger partial charge in [0.25, 0.3) is 11.6 Å². The minimum atomic E-state index is -0.508. The summed E-state index contributed by atoms with van der Waals surface area (Å²) in [6.45, 7) is 1.82. The molecule has 0 spiro atoms. The number of rotatable bonds is 4. The number of amides is 1. The van der Waals surface area contributed by atoms with E-state index in [1.54, 1.807) is 12.1 Å². The summed E-state index contributed by atoms with van der Waals surface area (Å²) in [5.74, 6) is -0.349. The van der Waals surface area contributed by atoms with E-state index in [-0.39, 0.29) is 23.2 Å². The number of nitrogens with zero attached hydrogens (tertiary/aromatic N) is 1. The van der Waals surface area contributed by atoms with E-state index in [2.05, 4.69) is 10.6 Å². The van der Waals surface area contributed by atoms with Crippen LogP contribution in [0.15, 0.2) is 18.2 Å². The van der Waals surface area contributed by atoms with Crippen LogP contribution in [0.4, 0.5) is 5.69 Å². The van der Waals surface area contributed by atoms with Gasteiger partial charge in [0.1, 0.15) is 5.56 Å². The molecule has 1 aliphatic carbocycles. The molecule has 0 atom stereocenters. The summed E-state index contributed by atoms with van der Waals surface area (Å²) in [6.07, 6.45) is 3.82. The average Bonchev–Trinajstić information content (AvgIpc) is 2.47. The molecule has 0 aliphatic heterocycles. The first-order chi connectivity index (χ1) is 10.0. The van der Waals surface area contributed by atoms with Crippen LogP contribution in [0.1, 0.15) is 41.6 Å². The number of hydrogen-bond acceptors (Lipinski definition) is 4. The van der Waals surface area contributed by atoms with E-state index in [0.717, 1.165) is 31.2 Å². The van der Waals surface area contributed by atoms with Crippen LogP contribution in [0.3, 0.4) is 0 Å². The fourth-order valence-electron chi connectivity index (χ4n) is 2.78. The molecule has 0 heterocycles. The van der Waals surface area contributed by atoms with Crippen LogP contribution >= 0.6 is 0 Å². The molecule has 0 saturated heterocycles. The summed E-state index contributed by atoms with van der Waals surface area (Å²) in [5.41, 5.74) is 0.849. The van der Waals surface area contributed by atoms with Gasteiger partial charge in [0.05, 0.1) is 4.92 Å². The van der Waals surface area contributed by atoms with Crippen LogP contribution < -0.4 is 10.6 Å². The third kappa shape index (κ3) is 3.78. The monoisotopic (exact) mass is 291 g/mol. The van der Waals surface area contributed by atoms with Crippen LogP contribution in [0.2, 0.25) is 0 Å². The van der Waals surface area contributed by atoms with E-state index < -0.39 is 4.92 Å². The second-order valence-electron chi connectivity index (χ2n) is 5.59. The predicted molar refractivity (Wildman–Crippen MR) is 80.4 cm³/mol. The molecule has 1 amide bonds. The molecule has 1 aliphatic rings. The smallest absolute Gasteiger partial charge is 0.282 e. The van der Waals surface area contributed by atoms with Crippen molar-refractivity contribution >= 4 is 11.6 Å². The lowest BCUT2D eigenvalue weighted by Crippen LogP contribution is -2.41. The number of aryl methyl sites for hydroxylation is 1. The highest BCUT2D eigenvalue weighted by Gasteiger charge is 2.25. The Morgan fingerprint density at radius 1 is 1.24 bits per heavy atom. The Bertz CT molecular complexity index is 537. The van der Waals surface area contributed by atoms with Gasteiger partial charge in [-0.15, -0.1) is 0 Å². The fraction of sp³-hybridized carbons (Fsp3) is 0.533. The van der Waals surface area contributed by atoms with E-state index in [9.17, 15) is 14.9 Å². The Labute approximate surface area is 124 Å². The SMILES string of the molecule is CNC1CCC(NC(=O)c2cc(C)ccc2[N+](=O)[O-])CC1. The third-order valence-electron chi connectivity index (χ3n) is 4.06. The Morgan fingerprint density at radius 3 is 2.43 bits per heavy atom. The normalized spacial score (nSPS) is 21.8. The quantitative estimate of drug-likeness (QED) is 0.657. The summed E-state index contributed by atoms with van der Waals surface area (Å²) in [6, 6.07) is 5.22. The van der Waals surface area contributed by atoms with Gasteiger partial charge >= 0.3 is 0 Å². The number of nitrogens with one attached hydrogen (secondary N) is 2. The first kappa shape index (κ1) is 15.4. The zero-order chi connectivity index (χ0) is 15.4. The first-order valence-corrected chi connectivity index (χ1v) is 7.24. The molecular weight excluding hydrogens is 270 g/mol. The summed E-state index contributed by atoms with van der Waals surface area (Å²) in [7, 11) is 1.94. The highest BCUT2D eigenvalue weighted by Crippen LogP contribution is 2.22. The minimum Gasteiger partial charge on any atom is -0.349 e. The van der Waals surface area contributed by atoms with Crippen molar-refractivity contribution < 1.29 is 9.72 Å². The molecular formula is C15H21N3O3. The second-order valence-corrected chi connectivity index (χ2v) is 5.59. The van der Waals surface area contributed by atoms with Gasteiger partial charge in [0.2, 0.25) is 0 Å².